The molecule has 4 nitrogen and oxygen atoms in total. The molecule has 3 aliphatic rings. The van der Waals surface area contributed by atoms with Crippen LogP contribution in [0.15, 0.2) is 12.2 Å². The van der Waals surface area contributed by atoms with Crippen LogP contribution < -0.4 is 0 Å². The predicted octanol–water partition coefficient (Wildman–Crippen LogP) is 5.86. The van der Waals surface area contributed by atoms with Crippen molar-refractivity contribution in [2.75, 3.05) is 18.5 Å². The second-order valence-corrected chi connectivity index (χ2v) is 16.2. The quantitative estimate of drug-likeness (QED) is 0.195. The molecule has 2 aliphatic carbocycles. The second-order valence-electron chi connectivity index (χ2n) is 10.9. The summed E-state index contributed by atoms with van der Waals surface area (Å²) in [5.74, 6) is -0.434. The van der Waals surface area contributed by atoms with E-state index < -0.39 is 14.1 Å². The van der Waals surface area contributed by atoms with Crippen LogP contribution in [0.5, 0.6) is 0 Å². The van der Waals surface area contributed by atoms with Crippen LogP contribution in [0.3, 0.4) is 0 Å². The topological polar surface area (TPSA) is 44.8 Å². The van der Waals surface area contributed by atoms with Crippen molar-refractivity contribution in [2.45, 2.75) is 89.3 Å². The number of aldehydes is 1. The van der Waals surface area contributed by atoms with Crippen LogP contribution in [0.4, 0.5) is 0 Å². The third kappa shape index (κ3) is 4.34. The summed E-state index contributed by atoms with van der Waals surface area (Å²) < 4.78 is 19.3. The molecule has 0 aromatic heterocycles. The van der Waals surface area contributed by atoms with Crippen molar-refractivity contribution in [3.63, 3.8) is 0 Å². The fourth-order valence-electron chi connectivity index (χ4n) is 5.65. The first-order valence-electron chi connectivity index (χ1n) is 11.1. The normalized spacial score (nSPS) is 32.9. The Bertz CT molecular complexity index is 623. The fraction of sp³-hybridized carbons (Fsp3) is 0.870. The summed E-state index contributed by atoms with van der Waals surface area (Å²) in [5, 5.41) is 0.879. The number of rotatable bonds is 7. The van der Waals surface area contributed by atoms with Crippen LogP contribution in [0.2, 0.25) is 18.1 Å². The molecule has 0 amide bonds. The molecule has 3 rings (SSSR count). The molecule has 0 radical (unpaired) electrons. The van der Waals surface area contributed by atoms with Gasteiger partial charge in [-0.25, -0.2) is 0 Å². The number of fused-ring (bicyclic) bond motifs is 2. The zero-order chi connectivity index (χ0) is 21.5. The van der Waals surface area contributed by atoms with Crippen LogP contribution >= 0.6 is 15.9 Å². The molecule has 1 heterocycles. The van der Waals surface area contributed by atoms with E-state index in [2.05, 4.69) is 56.4 Å². The molecule has 0 aromatic rings. The molecule has 0 unspecified atom stereocenters. The first-order valence-corrected chi connectivity index (χ1v) is 15.2. The molecule has 29 heavy (non-hydrogen) atoms. The van der Waals surface area contributed by atoms with E-state index in [4.69, 9.17) is 13.9 Å². The third-order valence-electron chi connectivity index (χ3n) is 8.16. The van der Waals surface area contributed by atoms with Gasteiger partial charge in [0.05, 0.1) is 19.3 Å². The zero-order valence-corrected chi connectivity index (χ0v) is 21.5. The number of halogens is 1. The van der Waals surface area contributed by atoms with Gasteiger partial charge >= 0.3 is 0 Å². The molecule has 4 atom stereocenters. The fourth-order valence-corrected chi connectivity index (χ4v) is 7.32. The molecule has 1 spiro atoms. The minimum absolute atomic E-state index is 0.000258. The minimum Gasteiger partial charge on any atom is -0.410 e. The SMILES string of the molecule is C=C(CBr)[C@H](C[C@@]12CCC[C@@H](C=O)[C@@H]1C1(CC2)OCCO1)O[Si](C)(C)C(C)(C)C. The molecule has 1 aliphatic heterocycles. The highest BCUT2D eigenvalue weighted by atomic mass is 79.9. The highest BCUT2D eigenvalue weighted by molar-refractivity contribution is 9.09. The Kier molecular flexibility index (Phi) is 6.93. The summed E-state index contributed by atoms with van der Waals surface area (Å²) >= 11 is 3.62. The minimum atomic E-state index is -1.96. The van der Waals surface area contributed by atoms with E-state index in [1.165, 1.54) is 6.29 Å². The van der Waals surface area contributed by atoms with E-state index >= 15 is 0 Å². The van der Waals surface area contributed by atoms with Gasteiger partial charge < -0.3 is 18.7 Å². The Morgan fingerprint density at radius 2 is 1.93 bits per heavy atom. The molecule has 3 fully saturated rings. The Hall–Kier alpha value is -0.0131. The summed E-state index contributed by atoms with van der Waals surface area (Å²) in [6.45, 7) is 17.1. The Morgan fingerprint density at radius 3 is 2.48 bits per heavy atom. The lowest BCUT2D eigenvalue weighted by Crippen LogP contribution is -2.51. The van der Waals surface area contributed by atoms with Gasteiger partial charge in [0.1, 0.15) is 6.29 Å². The molecule has 0 bridgehead atoms. The van der Waals surface area contributed by atoms with Gasteiger partial charge in [0, 0.05) is 23.6 Å². The molecule has 6 heteroatoms. The lowest BCUT2D eigenvalue weighted by Gasteiger charge is -2.49. The van der Waals surface area contributed by atoms with Crippen molar-refractivity contribution < 1.29 is 18.7 Å². The lowest BCUT2D eigenvalue weighted by molar-refractivity contribution is -0.214. The zero-order valence-electron chi connectivity index (χ0n) is 18.9. The number of alkyl halides is 1. The smallest absolute Gasteiger partial charge is 0.192 e. The molecule has 1 saturated heterocycles. The number of hydrogen-bond donors (Lipinski definition) is 0. The van der Waals surface area contributed by atoms with E-state index in [1.807, 2.05) is 0 Å². The van der Waals surface area contributed by atoms with Crippen LogP contribution in [-0.4, -0.2) is 45.0 Å². The largest absolute Gasteiger partial charge is 0.410 e. The molecular weight excluding hydrogens is 448 g/mol. The molecule has 0 aromatic carbocycles. The van der Waals surface area contributed by atoms with Gasteiger partial charge in [0.2, 0.25) is 0 Å². The van der Waals surface area contributed by atoms with Gasteiger partial charge in [0.15, 0.2) is 14.1 Å². The maximum Gasteiger partial charge on any atom is 0.192 e. The summed E-state index contributed by atoms with van der Waals surface area (Å²) in [4.78, 5) is 12.1. The predicted molar refractivity (Wildman–Crippen MR) is 123 cm³/mol. The van der Waals surface area contributed by atoms with Crippen molar-refractivity contribution in [2.24, 2.45) is 17.3 Å². The Labute approximate surface area is 186 Å². The number of carbonyl (C=O) groups is 1. The maximum atomic E-state index is 12.1. The van der Waals surface area contributed by atoms with Crippen molar-refractivity contribution in [1.82, 2.24) is 0 Å². The van der Waals surface area contributed by atoms with Crippen molar-refractivity contribution in [3.05, 3.63) is 12.2 Å². The average Bonchev–Trinajstić information content (AvgIpc) is 3.25. The Balaban J connectivity index is 1.92. The number of ether oxygens (including phenoxy) is 2. The van der Waals surface area contributed by atoms with E-state index in [9.17, 15) is 4.79 Å². The summed E-state index contributed by atoms with van der Waals surface area (Å²) in [5.41, 5.74) is 1.12. The maximum absolute atomic E-state index is 12.1. The monoisotopic (exact) mass is 486 g/mol. The van der Waals surface area contributed by atoms with Gasteiger partial charge in [0.25, 0.3) is 0 Å². The van der Waals surface area contributed by atoms with Crippen LogP contribution in [0, 0.1) is 17.3 Å². The van der Waals surface area contributed by atoms with Crippen LogP contribution in [0.25, 0.3) is 0 Å². The average molecular weight is 488 g/mol. The van der Waals surface area contributed by atoms with Crippen molar-refractivity contribution >= 4 is 30.5 Å². The van der Waals surface area contributed by atoms with Crippen molar-refractivity contribution in [1.29, 1.82) is 0 Å². The second kappa shape index (κ2) is 8.49. The van der Waals surface area contributed by atoms with Gasteiger partial charge in [-0.3, -0.25) is 0 Å². The first kappa shape index (κ1) is 23.6. The van der Waals surface area contributed by atoms with Gasteiger partial charge in [-0.2, -0.15) is 0 Å². The first-order chi connectivity index (χ1) is 13.5. The summed E-state index contributed by atoms with van der Waals surface area (Å²) in [6, 6.07) is 0. The van der Waals surface area contributed by atoms with Gasteiger partial charge in [-0.15, -0.1) is 0 Å². The molecular formula is C23H39BrO4Si. The summed E-state index contributed by atoms with van der Waals surface area (Å²) in [7, 11) is -1.96. The third-order valence-corrected chi connectivity index (χ3v) is 13.4. The standard InChI is InChI=1S/C23H39BrO4Si/c1-17(15-24)19(28-29(5,6)21(2,3)4)14-22-9-7-8-18(16-25)20(22)23(11-10-22)26-12-13-27-23/h16,18-20H,1,7-15H2,2-6H3/t18-,19-,20-,22-/m0/s1. The lowest BCUT2D eigenvalue weighted by atomic mass is 9.60. The van der Waals surface area contributed by atoms with Crippen molar-refractivity contribution in [3.8, 4) is 0 Å². The van der Waals surface area contributed by atoms with Gasteiger partial charge in [-0.05, 0) is 54.8 Å². The summed E-state index contributed by atoms with van der Waals surface area (Å²) in [6.07, 6.45) is 7.14. The Morgan fingerprint density at radius 1 is 1.28 bits per heavy atom. The highest BCUT2D eigenvalue weighted by Crippen LogP contribution is 2.63. The van der Waals surface area contributed by atoms with E-state index in [-0.39, 0.29) is 28.4 Å². The van der Waals surface area contributed by atoms with Gasteiger partial charge in [-0.1, -0.05) is 49.7 Å². The highest BCUT2D eigenvalue weighted by Gasteiger charge is 2.64. The van der Waals surface area contributed by atoms with E-state index in [0.717, 1.165) is 49.4 Å². The van der Waals surface area contributed by atoms with E-state index in [0.29, 0.717) is 13.2 Å². The van der Waals surface area contributed by atoms with Crippen LogP contribution in [-0.2, 0) is 18.7 Å². The number of carbonyl (C=O) groups excluding carboxylic acids is 1. The number of hydrogen-bond acceptors (Lipinski definition) is 4. The molecule has 2 saturated carbocycles. The van der Waals surface area contributed by atoms with Crippen LogP contribution in [0.1, 0.15) is 59.3 Å². The van der Waals surface area contributed by atoms with E-state index in [1.54, 1.807) is 0 Å². The molecule has 166 valence electrons. The molecule has 0 N–H and O–H groups in total.